The molecule has 0 aromatic carbocycles. The Morgan fingerprint density at radius 3 is 2.90 bits per heavy atom. The monoisotopic (exact) mass is 160 g/mol. The molecule has 0 aliphatic rings. The molecule has 0 aliphatic carbocycles. The van der Waals surface area contributed by atoms with Gasteiger partial charge in [0.1, 0.15) is 0 Å². The van der Waals surface area contributed by atoms with Gasteiger partial charge in [0.25, 0.3) is 0 Å². The highest BCUT2D eigenvalue weighted by Crippen LogP contribution is 1.93. The van der Waals surface area contributed by atoms with Crippen LogP contribution in [0.1, 0.15) is 6.92 Å². The van der Waals surface area contributed by atoms with Crippen LogP contribution in [0.15, 0.2) is 24.8 Å². The van der Waals surface area contributed by atoms with Crippen LogP contribution in [0.25, 0.3) is 0 Å². The van der Waals surface area contributed by atoms with Crippen molar-refractivity contribution < 1.29 is 4.74 Å². The van der Waals surface area contributed by atoms with Gasteiger partial charge in [-0.05, 0) is 6.92 Å². The Labute approximate surface area is 67.3 Å². The van der Waals surface area contributed by atoms with Crippen LogP contribution >= 0.6 is 11.6 Å². The molecule has 0 amide bonds. The summed E-state index contributed by atoms with van der Waals surface area (Å²) in [7, 11) is 0. The van der Waals surface area contributed by atoms with E-state index in [4.69, 9.17) is 16.3 Å². The quantitative estimate of drug-likeness (QED) is 0.443. The Kier molecular flexibility index (Phi) is 6.66. The molecular weight excluding hydrogens is 148 g/mol. The van der Waals surface area contributed by atoms with E-state index < -0.39 is 0 Å². The van der Waals surface area contributed by atoms with Crippen LogP contribution in [0.2, 0.25) is 0 Å². The third-order valence-electron chi connectivity index (χ3n) is 0.976. The Hall–Kier alpha value is -0.270. The van der Waals surface area contributed by atoms with Crippen molar-refractivity contribution in [3.8, 4) is 0 Å². The van der Waals surface area contributed by atoms with Crippen molar-refractivity contribution in [1.29, 1.82) is 0 Å². The van der Waals surface area contributed by atoms with Crippen LogP contribution < -0.4 is 0 Å². The third kappa shape index (κ3) is 5.86. The number of alkyl halides is 1. The van der Waals surface area contributed by atoms with Crippen LogP contribution in [0.4, 0.5) is 0 Å². The first-order valence-electron chi connectivity index (χ1n) is 3.28. The van der Waals surface area contributed by atoms with Gasteiger partial charge >= 0.3 is 0 Å². The van der Waals surface area contributed by atoms with Gasteiger partial charge in [0.05, 0.1) is 12.7 Å². The maximum absolute atomic E-state index is 5.41. The predicted octanol–water partition coefficient (Wildman–Crippen LogP) is 2.37. The highest BCUT2D eigenvalue weighted by Gasteiger charge is 1.92. The number of hydrogen-bond acceptors (Lipinski definition) is 1. The summed E-state index contributed by atoms with van der Waals surface area (Å²) in [4.78, 5) is 0. The fourth-order valence-electron chi connectivity index (χ4n) is 0.521. The smallest absolute Gasteiger partial charge is 0.0731 e. The molecule has 0 aromatic rings. The molecule has 1 nitrogen and oxygen atoms in total. The van der Waals surface area contributed by atoms with Crippen molar-refractivity contribution in [3.63, 3.8) is 0 Å². The van der Waals surface area contributed by atoms with Gasteiger partial charge in [-0.1, -0.05) is 24.8 Å². The SMILES string of the molecule is C=C/C=C/C(C)OCCCl. The average Bonchev–Trinajstić information content (AvgIpc) is 1.97. The van der Waals surface area contributed by atoms with E-state index in [-0.39, 0.29) is 6.10 Å². The van der Waals surface area contributed by atoms with E-state index in [1.165, 1.54) is 0 Å². The first-order valence-corrected chi connectivity index (χ1v) is 3.81. The second-order valence-corrected chi connectivity index (χ2v) is 2.26. The summed E-state index contributed by atoms with van der Waals surface area (Å²) in [5.74, 6) is 0.548. The van der Waals surface area contributed by atoms with Gasteiger partial charge in [0.15, 0.2) is 0 Å². The lowest BCUT2D eigenvalue weighted by Crippen LogP contribution is -2.06. The molecule has 0 radical (unpaired) electrons. The molecule has 0 aromatic heterocycles. The lowest BCUT2D eigenvalue weighted by Gasteiger charge is -2.04. The van der Waals surface area contributed by atoms with E-state index in [1.54, 1.807) is 6.08 Å². The Morgan fingerprint density at radius 2 is 2.40 bits per heavy atom. The first-order chi connectivity index (χ1) is 4.81. The van der Waals surface area contributed by atoms with Crippen molar-refractivity contribution in [2.75, 3.05) is 12.5 Å². The lowest BCUT2D eigenvalue weighted by molar-refractivity contribution is 0.111. The molecule has 0 rings (SSSR count). The van der Waals surface area contributed by atoms with Gasteiger partial charge in [-0.2, -0.15) is 0 Å². The van der Waals surface area contributed by atoms with Gasteiger partial charge in [0.2, 0.25) is 0 Å². The summed E-state index contributed by atoms with van der Waals surface area (Å²) in [6.07, 6.45) is 5.65. The van der Waals surface area contributed by atoms with Crippen molar-refractivity contribution in [3.05, 3.63) is 24.8 Å². The van der Waals surface area contributed by atoms with Crippen molar-refractivity contribution >= 4 is 11.6 Å². The predicted molar refractivity (Wildman–Crippen MR) is 45.5 cm³/mol. The maximum atomic E-state index is 5.41. The normalized spacial score (nSPS) is 13.8. The zero-order valence-electron chi connectivity index (χ0n) is 6.22. The number of halogens is 1. The van der Waals surface area contributed by atoms with Crippen LogP contribution in [0.3, 0.4) is 0 Å². The van der Waals surface area contributed by atoms with E-state index in [0.29, 0.717) is 12.5 Å². The number of rotatable bonds is 5. The maximum Gasteiger partial charge on any atom is 0.0731 e. The fourth-order valence-corrected chi connectivity index (χ4v) is 0.610. The van der Waals surface area contributed by atoms with E-state index in [9.17, 15) is 0 Å². The molecule has 0 saturated heterocycles. The molecule has 2 heteroatoms. The van der Waals surface area contributed by atoms with E-state index >= 15 is 0 Å². The molecule has 0 fully saturated rings. The zero-order chi connectivity index (χ0) is 7.82. The van der Waals surface area contributed by atoms with Gasteiger partial charge in [-0.3, -0.25) is 0 Å². The average molecular weight is 161 g/mol. The Balaban J connectivity index is 3.32. The number of ether oxygens (including phenoxy) is 1. The highest BCUT2D eigenvalue weighted by molar-refractivity contribution is 6.17. The molecule has 0 aliphatic heterocycles. The molecule has 1 unspecified atom stereocenters. The lowest BCUT2D eigenvalue weighted by atomic mass is 10.3. The second-order valence-electron chi connectivity index (χ2n) is 1.89. The summed E-state index contributed by atoms with van der Waals surface area (Å²) in [6, 6.07) is 0. The summed E-state index contributed by atoms with van der Waals surface area (Å²) in [5.41, 5.74) is 0. The van der Waals surface area contributed by atoms with Crippen LogP contribution in [0, 0.1) is 0 Å². The Morgan fingerprint density at radius 1 is 1.70 bits per heavy atom. The minimum Gasteiger partial charge on any atom is -0.373 e. The van der Waals surface area contributed by atoms with Gasteiger partial charge in [-0.25, -0.2) is 0 Å². The highest BCUT2D eigenvalue weighted by atomic mass is 35.5. The van der Waals surface area contributed by atoms with Crippen LogP contribution in [-0.4, -0.2) is 18.6 Å². The summed E-state index contributed by atoms with van der Waals surface area (Å²) < 4.78 is 5.23. The van der Waals surface area contributed by atoms with Crippen molar-refractivity contribution in [1.82, 2.24) is 0 Å². The summed E-state index contributed by atoms with van der Waals surface area (Å²) in [5, 5.41) is 0. The fraction of sp³-hybridized carbons (Fsp3) is 0.500. The van der Waals surface area contributed by atoms with Gasteiger partial charge < -0.3 is 4.74 Å². The van der Waals surface area contributed by atoms with Crippen molar-refractivity contribution in [2.24, 2.45) is 0 Å². The standard InChI is InChI=1S/C8H13ClO/c1-3-4-5-8(2)10-7-6-9/h3-5,8H,1,6-7H2,2H3/b5-4+. The summed E-state index contributed by atoms with van der Waals surface area (Å²) >= 11 is 5.41. The molecule has 10 heavy (non-hydrogen) atoms. The molecule has 1 atom stereocenters. The molecule has 0 N–H and O–H groups in total. The minimum absolute atomic E-state index is 0.136. The van der Waals surface area contributed by atoms with Gasteiger partial charge in [-0.15, -0.1) is 11.6 Å². The number of allylic oxidation sites excluding steroid dienone is 2. The largest absolute Gasteiger partial charge is 0.373 e. The zero-order valence-corrected chi connectivity index (χ0v) is 6.97. The number of hydrogen-bond donors (Lipinski definition) is 0. The minimum atomic E-state index is 0.136. The van der Waals surface area contributed by atoms with Crippen LogP contribution in [0.5, 0.6) is 0 Å². The van der Waals surface area contributed by atoms with Crippen LogP contribution in [-0.2, 0) is 4.74 Å². The molecule has 58 valence electrons. The molecule has 0 heterocycles. The molecule has 0 bridgehead atoms. The third-order valence-corrected chi connectivity index (χ3v) is 1.13. The molecule has 0 saturated carbocycles. The topological polar surface area (TPSA) is 9.23 Å². The Bertz CT molecular complexity index is 110. The molecule has 0 spiro atoms. The van der Waals surface area contributed by atoms with E-state index in [1.807, 2.05) is 19.1 Å². The van der Waals surface area contributed by atoms with E-state index in [2.05, 4.69) is 6.58 Å². The van der Waals surface area contributed by atoms with Crippen molar-refractivity contribution in [2.45, 2.75) is 13.0 Å². The first kappa shape index (κ1) is 9.73. The van der Waals surface area contributed by atoms with Gasteiger partial charge in [0, 0.05) is 5.88 Å². The summed E-state index contributed by atoms with van der Waals surface area (Å²) in [6.45, 7) is 6.11. The van der Waals surface area contributed by atoms with E-state index in [0.717, 1.165) is 0 Å². The second kappa shape index (κ2) is 6.84. The molecular formula is C8H13ClO.